The van der Waals surface area contributed by atoms with Crippen LogP contribution in [-0.2, 0) is 25.7 Å². The number of aliphatic carboxylic acids is 1. The quantitative estimate of drug-likeness (QED) is 0.438. The number of esters is 1. The maximum absolute atomic E-state index is 12.9. The van der Waals surface area contributed by atoms with E-state index in [-0.39, 0.29) is 30.6 Å². The number of amides is 1. The van der Waals surface area contributed by atoms with Crippen LogP contribution >= 0.6 is 0 Å². The second-order valence-electron chi connectivity index (χ2n) is 9.25. The third-order valence-electron chi connectivity index (χ3n) is 6.74. The van der Waals surface area contributed by atoms with Crippen LogP contribution in [0.15, 0.2) is 54.6 Å². The molecule has 8 nitrogen and oxygen atoms in total. The highest BCUT2D eigenvalue weighted by molar-refractivity contribution is 5.95. The average molecular weight is 491 g/mol. The van der Waals surface area contributed by atoms with E-state index in [1.54, 1.807) is 24.3 Å². The van der Waals surface area contributed by atoms with Gasteiger partial charge in [-0.25, -0.2) is 0 Å². The van der Waals surface area contributed by atoms with Gasteiger partial charge in [-0.3, -0.25) is 19.4 Å². The molecule has 1 heterocycles. The zero-order valence-corrected chi connectivity index (χ0v) is 20.4. The summed E-state index contributed by atoms with van der Waals surface area (Å²) in [6.07, 6.45) is 1.46. The lowest BCUT2D eigenvalue weighted by molar-refractivity contribution is -0.150. The molecule has 1 aliphatic carbocycles. The molecule has 8 heteroatoms. The minimum Gasteiger partial charge on any atom is -0.489 e. The van der Waals surface area contributed by atoms with Gasteiger partial charge in [0.15, 0.2) is 0 Å². The number of fused-ring (bicyclic) bond motifs is 1. The monoisotopic (exact) mass is 490 g/mol. The molecule has 36 heavy (non-hydrogen) atoms. The van der Waals surface area contributed by atoms with Gasteiger partial charge in [-0.2, -0.15) is 0 Å². The van der Waals surface area contributed by atoms with Crippen molar-refractivity contribution in [3.8, 4) is 5.75 Å². The lowest BCUT2D eigenvalue weighted by Gasteiger charge is -2.32. The topological polar surface area (TPSA) is 115 Å². The number of hydrogen-bond donors (Lipinski definition) is 2. The van der Waals surface area contributed by atoms with Crippen molar-refractivity contribution >= 4 is 34.4 Å². The van der Waals surface area contributed by atoms with Gasteiger partial charge in [0, 0.05) is 28.8 Å². The summed E-state index contributed by atoms with van der Waals surface area (Å²) in [4.78, 5) is 40.9. The van der Waals surface area contributed by atoms with Gasteiger partial charge in [0.1, 0.15) is 12.4 Å². The van der Waals surface area contributed by atoms with E-state index in [1.807, 2.05) is 37.3 Å². The molecule has 1 amide bonds. The van der Waals surface area contributed by atoms with Gasteiger partial charge in [0.25, 0.3) is 0 Å². The molecule has 1 saturated carbocycles. The molecule has 2 N–H and O–H groups in total. The summed E-state index contributed by atoms with van der Waals surface area (Å²) in [5.74, 6) is -2.65. The molecule has 4 rings (SSSR count). The standard InChI is InChI=1S/C28H30N2O6/c1-17-13-19(22-5-3-4-6-25(22)29-17)16-36-21-10-8-20(9-11-21)30-27(32)23-12-7-18(15-26(31)35-2)14-24(23)28(33)34/h3-6,8-11,13,18,23-24H,7,12,14-16H2,1-2H3,(H,30,32)(H,33,34). The maximum atomic E-state index is 12.9. The molecule has 3 aromatic rings. The number of nitrogens with zero attached hydrogens (tertiary/aromatic N) is 1. The summed E-state index contributed by atoms with van der Waals surface area (Å²) in [7, 11) is 1.31. The van der Waals surface area contributed by atoms with Crippen molar-refractivity contribution in [3.63, 3.8) is 0 Å². The first-order valence-electron chi connectivity index (χ1n) is 12.0. The van der Waals surface area contributed by atoms with E-state index in [4.69, 9.17) is 9.47 Å². The molecular formula is C28H30N2O6. The number of para-hydroxylation sites is 1. The van der Waals surface area contributed by atoms with E-state index >= 15 is 0 Å². The first-order chi connectivity index (χ1) is 17.3. The normalized spacial score (nSPS) is 19.4. The van der Waals surface area contributed by atoms with Crippen LogP contribution in [0.5, 0.6) is 5.75 Å². The second-order valence-corrected chi connectivity index (χ2v) is 9.25. The van der Waals surface area contributed by atoms with Crippen LogP contribution in [-0.4, -0.2) is 35.0 Å². The number of ether oxygens (including phenoxy) is 2. The van der Waals surface area contributed by atoms with Crippen molar-refractivity contribution in [2.24, 2.45) is 17.8 Å². The molecule has 3 atom stereocenters. The molecule has 0 bridgehead atoms. The van der Waals surface area contributed by atoms with Gasteiger partial charge in [0.2, 0.25) is 5.91 Å². The van der Waals surface area contributed by atoms with Crippen molar-refractivity contribution in [3.05, 3.63) is 65.9 Å². The van der Waals surface area contributed by atoms with Gasteiger partial charge in [-0.1, -0.05) is 18.2 Å². The molecule has 0 aliphatic heterocycles. The van der Waals surface area contributed by atoms with Gasteiger partial charge in [-0.05, 0) is 68.5 Å². The summed E-state index contributed by atoms with van der Waals surface area (Å²) in [6, 6.07) is 17.0. The van der Waals surface area contributed by atoms with E-state index in [2.05, 4.69) is 10.3 Å². The predicted octanol–water partition coefficient (Wildman–Crippen LogP) is 4.74. The van der Waals surface area contributed by atoms with Crippen molar-refractivity contribution in [1.29, 1.82) is 0 Å². The van der Waals surface area contributed by atoms with Crippen LogP contribution < -0.4 is 10.1 Å². The molecule has 1 aliphatic rings. The van der Waals surface area contributed by atoms with Crippen molar-refractivity contribution in [2.45, 2.75) is 39.2 Å². The molecule has 3 unspecified atom stereocenters. The molecule has 0 radical (unpaired) electrons. The highest BCUT2D eigenvalue weighted by atomic mass is 16.5. The summed E-state index contributed by atoms with van der Waals surface area (Å²) in [5.41, 5.74) is 3.45. The number of benzene rings is 2. The number of methoxy groups -OCH3 is 1. The number of anilines is 1. The smallest absolute Gasteiger partial charge is 0.307 e. The Kier molecular flexibility index (Phi) is 7.83. The van der Waals surface area contributed by atoms with Crippen molar-refractivity contribution in [1.82, 2.24) is 4.98 Å². The average Bonchev–Trinajstić information content (AvgIpc) is 2.87. The number of hydrogen-bond acceptors (Lipinski definition) is 6. The van der Waals surface area contributed by atoms with Crippen LogP contribution in [0.3, 0.4) is 0 Å². The summed E-state index contributed by atoms with van der Waals surface area (Å²) >= 11 is 0. The molecule has 2 aromatic carbocycles. The Bertz CT molecular complexity index is 1260. The Balaban J connectivity index is 1.36. The van der Waals surface area contributed by atoms with Gasteiger partial charge in [0.05, 0.1) is 24.5 Å². The second kappa shape index (κ2) is 11.2. The largest absolute Gasteiger partial charge is 0.489 e. The molecule has 0 spiro atoms. The minimum atomic E-state index is -1.02. The van der Waals surface area contributed by atoms with Crippen molar-refractivity contribution < 1.29 is 29.0 Å². The SMILES string of the molecule is COC(=O)CC1CCC(C(=O)Nc2ccc(OCc3cc(C)nc4ccccc34)cc2)C(C(=O)O)C1. The number of nitrogens with one attached hydrogen (secondary N) is 1. The molecule has 188 valence electrons. The summed E-state index contributed by atoms with van der Waals surface area (Å²) < 4.78 is 10.7. The zero-order chi connectivity index (χ0) is 25.7. The molecular weight excluding hydrogens is 460 g/mol. The fourth-order valence-electron chi connectivity index (χ4n) is 4.89. The van der Waals surface area contributed by atoms with E-state index in [0.29, 0.717) is 30.9 Å². The minimum absolute atomic E-state index is 0.0969. The highest BCUT2D eigenvalue weighted by Gasteiger charge is 2.40. The van der Waals surface area contributed by atoms with Crippen molar-refractivity contribution in [2.75, 3.05) is 12.4 Å². The Morgan fingerprint density at radius 3 is 2.53 bits per heavy atom. The number of carboxylic acids is 1. The number of aryl methyl sites for hydroxylation is 1. The summed E-state index contributed by atoms with van der Waals surface area (Å²) in [6.45, 7) is 2.33. The Morgan fingerprint density at radius 2 is 1.81 bits per heavy atom. The van der Waals surface area contributed by atoms with Gasteiger partial charge < -0.3 is 19.9 Å². The first kappa shape index (κ1) is 25.2. The number of carbonyl (C=O) groups excluding carboxylic acids is 2. The van der Waals surface area contributed by atoms with E-state index < -0.39 is 17.8 Å². The fraction of sp³-hybridized carbons (Fsp3) is 0.357. The number of carboxylic acid groups (broad SMARTS) is 1. The van der Waals surface area contributed by atoms with Gasteiger partial charge >= 0.3 is 11.9 Å². The number of aromatic nitrogens is 1. The fourth-order valence-corrected chi connectivity index (χ4v) is 4.89. The van der Waals surface area contributed by atoms with E-state index in [0.717, 1.165) is 22.2 Å². The third kappa shape index (κ3) is 6.00. The van der Waals surface area contributed by atoms with E-state index in [9.17, 15) is 19.5 Å². The highest BCUT2D eigenvalue weighted by Crippen LogP contribution is 2.37. The number of carbonyl (C=O) groups is 3. The lowest BCUT2D eigenvalue weighted by atomic mass is 9.72. The van der Waals surface area contributed by atoms with Crippen LogP contribution in [0.2, 0.25) is 0 Å². The van der Waals surface area contributed by atoms with Crippen LogP contribution in [0.25, 0.3) is 10.9 Å². The summed E-state index contributed by atoms with van der Waals surface area (Å²) in [5, 5.41) is 13.6. The van der Waals surface area contributed by atoms with Crippen LogP contribution in [0.1, 0.15) is 36.9 Å². The molecule has 1 fully saturated rings. The molecule has 0 saturated heterocycles. The van der Waals surface area contributed by atoms with Gasteiger partial charge in [-0.15, -0.1) is 0 Å². The predicted molar refractivity (Wildman–Crippen MR) is 134 cm³/mol. The van der Waals surface area contributed by atoms with Crippen LogP contribution in [0.4, 0.5) is 5.69 Å². The lowest BCUT2D eigenvalue weighted by Crippen LogP contribution is -2.38. The molecule has 1 aromatic heterocycles. The third-order valence-corrected chi connectivity index (χ3v) is 6.74. The van der Waals surface area contributed by atoms with E-state index in [1.165, 1.54) is 7.11 Å². The first-order valence-corrected chi connectivity index (χ1v) is 12.0. The maximum Gasteiger partial charge on any atom is 0.307 e. The number of rotatable bonds is 8. The Hall–Kier alpha value is -3.94. The Morgan fingerprint density at radius 1 is 1.06 bits per heavy atom. The van der Waals surface area contributed by atoms with Crippen LogP contribution in [0, 0.1) is 24.7 Å². The number of pyridine rings is 1. The Labute approximate surface area is 209 Å². The zero-order valence-electron chi connectivity index (χ0n) is 20.4.